The van der Waals surface area contributed by atoms with Crippen LogP contribution in [0.25, 0.3) is 31.3 Å². The molecule has 0 atom stereocenters. The number of hydrogen-bond donors (Lipinski definition) is 0. The van der Waals surface area contributed by atoms with Crippen molar-refractivity contribution in [3.63, 3.8) is 0 Å². The summed E-state index contributed by atoms with van der Waals surface area (Å²) in [6, 6.07) is 23.1. The maximum absolute atomic E-state index is 4.13. The standard InChI is InChI=1S/C25H19NS/c1-17-14-24-22(16-21(17)23-10-6-7-13-26(23)2)20-12-11-19(15-25(20)27-24)18-8-4-3-5-9-18/h3-16H,2H2,1H3. The van der Waals surface area contributed by atoms with Gasteiger partial charge in [0.25, 0.3) is 0 Å². The minimum atomic E-state index is 1.14. The molecule has 1 aromatic heterocycles. The number of fused-ring (bicyclic) bond motifs is 3. The summed E-state index contributed by atoms with van der Waals surface area (Å²) in [5.41, 5.74) is 5.05. The smallest absolute Gasteiger partial charge is 0.159 e. The van der Waals surface area contributed by atoms with E-state index in [1.165, 1.54) is 42.4 Å². The van der Waals surface area contributed by atoms with Gasteiger partial charge in [0.05, 0.1) is 6.72 Å². The summed E-state index contributed by atoms with van der Waals surface area (Å²) in [7, 11) is 0. The minimum absolute atomic E-state index is 1.14. The van der Waals surface area contributed by atoms with Gasteiger partial charge in [0.15, 0.2) is 4.70 Å². The molecule has 0 unspecified atom stereocenters. The highest BCUT2D eigenvalue weighted by Crippen LogP contribution is 2.39. The van der Waals surface area contributed by atoms with E-state index >= 15 is 0 Å². The Labute approximate surface area is 163 Å². The van der Waals surface area contributed by atoms with E-state index in [0.29, 0.717) is 0 Å². The maximum atomic E-state index is 4.13. The van der Waals surface area contributed by atoms with E-state index in [1.54, 1.807) is 0 Å². The molecule has 0 saturated heterocycles. The van der Waals surface area contributed by atoms with Crippen LogP contribution in [0.3, 0.4) is 0 Å². The number of thiophene rings is 1. The van der Waals surface area contributed by atoms with Crippen LogP contribution < -0.4 is 0 Å². The molecule has 0 N–H and O–H groups in total. The van der Waals surface area contributed by atoms with Crippen molar-refractivity contribution in [3.05, 3.63) is 102 Å². The largest absolute Gasteiger partial charge is 0.255 e. The number of allylic oxidation sites excluding steroid dienone is 2. The maximum Gasteiger partial charge on any atom is 0.159 e. The normalized spacial score (nSPS) is 13.8. The van der Waals surface area contributed by atoms with Crippen molar-refractivity contribution in [2.75, 3.05) is 0 Å². The van der Waals surface area contributed by atoms with Crippen molar-refractivity contribution in [2.45, 2.75) is 6.92 Å². The SMILES string of the molecule is C=[N+]1C=CC=C[C-]1c1cc2c(cc1C)[s+][c-]1cc(-c3ccccc3)ccc21. The molecule has 130 valence electrons. The molecular weight excluding hydrogens is 346 g/mol. The second kappa shape index (κ2) is 6.26. The van der Waals surface area contributed by atoms with E-state index in [9.17, 15) is 0 Å². The molecular formula is C25H19NS. The third kappa shape index (κ3) is 2.70. The van der Waals surface area contributed by atoms with E-state index in [-0.39, 0.29) is 0 Å². The quantitative estimate of drug-likeness (QED) is 0.211. The molecule has 1 aliphatic heterocycles. The van der Waals surface area contributed by atoms with Gasteiger partial charge in [-0.25, -0.2) is 0 Å². The lowest BCUT2D eigenvalue weighted by Crippen LogP contribution is -2.13. The molecule has 0 radical (unpaired) electrons. The first-order valence-corrected chi connectivity index (χ1v) is 9.86. The molecule has 0 saturated carbocycles. The van der Waals surface area contributed by atoms with Crippen molar-refractivity contribution < 1.29 is 4.58 Å². The second-order valence-corrected chi connectivity index (χ2v) is 7.98. The first-order valence-electron chi connectivity index (χ1n) is 9.05. The van der Waals surface area contributed by atoms with Crippen molar-refractivity contribution in [2.24, 2.45) is 0 Å². The molecule has 27 heavy (non-hydrogen) atoms. The van der Waals surface area contributed by atoms with Crippen LogP contribution in [0.2, 0.25) is 0 Å². The van der Waals surface area contributed by atoms with E-state index in [2.05, 4.69) is 86.5 Å². The van der Waals surface area contributed by atoms with Crippen molar-refractivity contribution in [1.82, 2.24) is 0 Å². The molecule has 3 aromatic carbocycles. The van der Waals surface area contributed by atoms with Crippen molar-refractivity contribution in [1.29, 1.82) is 0 Å². The van der Waals surface area contributed by atoms with Gasteiger partial charge < -0.3 is 0 Å². The monoisotopic (exact) mass is 365 g/mol. The summed E-state index contributed by atoms with van der Waals surface area (Å²) >= 11 is 1.87. The van der Waals surface area contributed by atoms with Crippen LogP contribution in [0.15, 0.2) is 85.1 Å². The fourth-order valence-electron chi connectivity index (χ4n) is 3.73. The molecule has 5 rings (SSSR count). The van der Waals surface area contributed by atoms with Gasteiger partial charge in [-0.2, -0.15) is 0 Å². The Morgan fingerprint density at radius 2 is 1.81 bits per heavy atom. The molecule has 1 nitrogen and oxygen atoms in total. The molecule has 2 heterocycles. The van der Waals surface area contributed by atoms with Crippen molar-refractivity contribution in [3.8, 4) is 11.1 Å². The average Bonchev–Trinajstić information content (AvgIpc) is 3.05. The molecule has 4 aromatic rings. The summed E-state index contributed by atoms with van der Waals surface area (Å²) in [6.07, 6.45) is 8.20. The van der Waals surface area contributed by atoms with Gasteiger partial charge in [-0.15, -0.1) is 24.3 Å². The van der Waals surface area contributed by atoms with Gasteiger partial charge in [-0.3, -0.25) is 4.58 Å². The highest BCUT2D eigenvalue weighted by Gasteiger charge is 2.18. The Morgan fingerprint density at radius 3 is 2.63 bits per heavy atom. The van der Waals surface area contributed by atoms with E-state index in [0.717, 1.165) is 6.04 Å². The summed E-state index contributed by atoms with van der Waals surface area (Å²) in [5.74, 6) is 0. The summed E-state index contributed by atoms with van der Waals surface area (Å²) < 4.78 is 4.61. The zero-order valence-corrected chi connectivity index (χ0v) is 16.0. The third-order valence-electron chi connectivity index (χ3n) is 5.14. The van der Waals surface area contributed by atoms with Gasteiger partial charge in [-0.05, 0) is 11.6 Å². The number of hydrogen-bond acceptors (Lipinski definition) is 0. The van der Waals surface area contributed by atoms with E-state index in [4.69, 9.17) is 0 Å². The van der Waals surface area contributed by atoms with Crippen LogP contribution in [0.4, 0.5) is 0 Å². The van der Waals surface area contributed by atoms with Gasteiger partial charge >= 0.3 is 0 Å². The van der Waals surface area contributed by atoms with Gasteiger partial charge in [0, 0.05) is 0 Å². The zero-order chi connectivity index (χ0) is 18.4. The highest BCUT2D eigenvalue weighted by molar-refractivity contribution is 7.25. The minimum Gasteiger partial charge on any atom is -0.255 e. The predicted molar refractivity (Wildman–Crippen MR) is 118 cm³/mol. The first-order chi connectivity index (χ1) is 13.2. The fourth-order valence-corrected chi connectivity index (χ4v) is 4.96. The Bertz CT molecular complexity index is 1240. The first kappa shape index (κ1) is 16.1. The topological polar surface area (TPSA) is 3.01 Å². The second-order valence-electron chi connectivity index (χ2n) is 6.90. The molecule has 0 fully saturated rings. The molecule has 0 spiro atoms. The van der Waals surface area contributed by atoms with Gasteiger partial charge in [0.1, 0.15) is 28.3 Å². The Balaban J connectivity index is 1.68. The molecule has 2 heteroatoms. The summed E-state index contributed by atoms with van der Waals surface area (Å²) in [6.45, 7) is 6.31. The molecule has 0 amide bonds. The van der Waals surface area contributed by atoms with Crippen LogP contribution in [0.1, 0.15) is 11.1 Å². The van der Waals surface area contributed by atoms with Crippen molar-refractivity contribution >= 4 is 38.2 Å². The molecule has 0 bridgehead atoms. The lowest BCUT2D eigenvalue weighted by Gasteiger charge is -2.19. The molecule has 0 aliphatic carbocycles. The van der Waals surface area contributed by atoms with Gasteiger partial charge in [-0.1, -0.05) is 82.9 Å². The van der Waals surface area contributed by atoms with Gasteiger partial charge in [0.2, 0.25) is 0 Å². The number of rotatable bonds is 2. The Kier molecular flexibility index (Phi) is 3.73. The van der Waals surface area contributed by atoms with Crippen LogP contribution >= 0.6 is 11.3 Å². The zero-order valence-electron chi connectivity index (χ0n) is 15.1. The number of aryl methyl sites for hydroxylation is 1. The highest BCUT2D eigenvalue weighted by atomic mass is 32.1. The fraction of sp³-hybridized carbons (Fsp3) is 0.0400. The number of benzene rings is 3. The predicted octanol–water partition coefficient (Wildman–Crippen LogP) is 6.71. The molecule has 1 aliphatic rings. The summed E-state index contributed by atoms with van der Waals surface area (Å²) in [4.78, 5) is 0. The number of nitrogens with zero attached hydrogens (tertiary/aromatic N) is 1. The average molecular weight is 366 g/mol. The van der Waals surface area contributed by atoms with E-state index in [1.807, 2.05) is 28.2 Å². The summed E-state index contributed by atoms with van der Waals surface area (Å²) in [5, 5.41) is 2.64. The van der Waals surface area contributed by atoms with Crippen LogP contribution in [0.5, 0.6) is 0 Å². The Hall–Kier alpha value is -3.10. The van der Waals surface area contributed by atoms with E-state index < -0.39 is 0 Å². The lowest BCUT2D eigenvalue weighted by molar-refractivity contribution is -0.417. The Morgan fingerprint density at radius 1 is 0.963 bits per heavy atom. The van der Waals surface area contributed by atoms with Crippen LogP contribution in [-0.2, 0) is 0 Å². The van der Waals surface area contributed by atoms with Crippen LogP contribution in [-0.4, -0.2) is 11.3 Å². The van der Waals surface area contributed by atoms with Crippen LogP contribution in [0, 0.1) is 13.0 Å². The third-order valence-corrected chi connectivity index (χ3v) is 6.26. The lowest BCUT2D eigenvalue weighted by atomic mass is 9.96.